The SMILES string of the molecule is CCCC1CCN(CC(=O)Nc2cc(N)ccc2C)CC1. The standard InChI is InChI=1S/C17H27N3O/c1-3-4-14-7-9-20(10-8-14)12-17(21)19-16-11-15(18)6-5-13(16)2/h5-6,11,14H,3-4,7-10,12,18H2,1-2H3,(H,19,21). The van der Waals surface area contributed by atoms with Gasteiger partial charge in [0.15, 0.2) is 0 Å². The molecule has 1 aliphatic rings. The third kappa shape index (κ3) is 4.74. The average molecular weight is 289 g/mol. The van der Waals surface area contributed by atoms with E-state index in [4.69, 9.17) is 5.73 Å². The topological polar surface area (TPSA) is 58.4 Å². The highest BCUT2D eigenvalue weighted by Gasteiger charge is 2.20. The van der Waals surface area contributed by atoms with Crippen LogP contribution in [0.5, 0.6) is 0 Å². The van der Waals surface area contributed by atoms with Gasteiger partial charge in [0.1, 0.15) is 0 Å². The van der Waals surface area contributed by atoms with Crippen molar-refractivity contribution in [1.29, 1.82) is 0 Å². The molecule has 0 bridgehead atoms. The molecule has 1 saturated heterocycles. The van der Waals surface area contributed by atoms with Crippen molar-refractivity contribution in [2.75, 3.05) is 30.7 Å². The van der Waals surface area contributed by atoms with E-state index in [2.05, 4.69) is 17.1 Å². The molecule has 4 heteroatoms. The molecular formula is C17H27N3O. The van der Waals surface area contributed by atoms with Gasteiger partial charge in [-0.25, -0.2) is 0 Å². The first kappa shape index (κ1) is 15.8. The molecule has 21 heavy (non-hydrogen) atoms. The van der Waals surface area contributed by atoms with Gasteiger partial charge in [-0.2, -0.15) is 0 Å². The van der Waals surface area contributed by atoms with Crippen LogP contribution in [-0.2, 0) is 4.79 Å². The lowest BCUT2D eigenvalue weighted by Gasteiger charge is -2.31. The van der Waals surface area contributed by atoms with E-state index in [1.165, 1.54) is 25.7 Å². The van der Waals surface area contributed by atoms with Crippen molar-refractivity contribution in [2.45, 2.75) is 39.5 Å². The van der Waals surface area contributed by atoms with E-state index in [1.54, 1.807) is 0 Å². The highest BCUT2D eigenvalue weighted by atomic mass is 16.2. The molecule has 1 aromatic rings. The van der Waals surface area contributed by atoms with Gasteiger partial charge in [0, 0.05) is 11.4 Å². The summed E-state index contributed by atoms with van der Waals surface area (Å²) >= 11 is 0. The molecule has 4 nitrogen and oxygen atoms in total. The maximum absolute atomic E-state index is 12.2. The zero-order chi connectivity index (χ0) is 15.2. The van der Waals surface area contributed by atoms with E-state index in [0.717, 1.165) is 30.3 Å². The Labute approximate surface area is 127 Å². The largest absolute Gasteiger partial charge is 0.399 e. The van der Waals surface area contributed by atoms with Crippen LogP contribution in [0, 0.1) is 12.8 Å². The van der Waals surface area contributed by atoms with Crippen LogP contribution in [0.25, 0.3) is 0 Å². The maximum Gasteiger partial charge on any atom is 0.238 e. The van der Waals surface area contributed by atoms with Crippen LogP contribution in [0.4, 0.5) is 11.4 Å². The highest BCUT2D eigenvalue weighted by molar-refractivity contribution is 5.93. The molecule has 1 aliphatic heterocycles. The van der Waals surface area contributed by atoms with E-state index in [0.29, 0.717) is 12.2 Å². The lowest BCUT2D eigenvalue weighted by atomic mass is 9.92. The number of carbonyl (C=O) groups excluding carboxylic acids is 1. The summed E-state index contributed by atoms with van der Waals surface area (Å²) in [7, 11) is 0. The summed E-state index contributed by atoms with van der Waals surface area (Å²) in [5, 5.41) is 2.97. The Hall–Kier alpha value is -1.55. The second kappa shape index (κ2) is 7.46. The average Bonchev–Trinajstić information content (AvgIpc) is 2.45. The summed E-state index contributed by atoms with van der Waals surface area (Å²) in [5.74, 6) is 0.906. The molecule has 0 atom stereocenters. The van der Waals surface area contributed by atoms with Crippen LogP contribution in [-0.4, -0.2) is 30.4 Å². The Kier molecular flexibility index (Phi) is 5.62. The Morgan fingerprint density at radius 1 is 1.38 bits per heavy atom. The second-order valence-corrected chi connectivity index (χ2v) is 6.13. The molecule has 2 rings (SSSR count). The zero-order valence-corrected chi connectivity index (χ0v) is 13.2. The van der Waals surface area contributed by atoms with Gasteiger partial charge < -0.3 is 11.1 Å². The lowest BCUT2D eigenvalue weighted by Crippen LogP contribution is -2.39. The highest BCUT2D eigenvalue weighted by Crippen LogP contribution is 2.22. The quantitative estimate of drug-likeness (QED) is 0.819. The first-order valence-corrected chi connectivity index (χ1v) is 7.96. The minimum absolute atomic E-state index is 0.0534. The van der Waals surface area contributed by atoms with Crippen molar-refractivity contribution in [3.63, 3.8) is 0 Å². The number of nitrogens with one attached hydrogen (secondary N) is 1. The fraction of sp³-hybridized carbons (Fsp3) is 0.588. The lowest BCUT2D eigenvalue weighted by molar-refractivity contribution is -0.117. The first-order valence-electron chi connectivity index (χ1n) is 7.96. The number of anilines is 2. The Morgan fingerprint density at radius 2 is 2.10 bits per heavy atom. The molecule has 0 unspecified atom stereocenters. The number of likely N-dealkylation sites (tertiary alicyclic amines) is 1. The minimum Gasteiger partial charge on any atom is -0.399 e. The minimum atomic E-state index is 0.0534. The van der Waals surface area contributed by atoms with Crippen LogP contribution in [0.2, 0.25) is 0 Å². The van der Waals surface area contributed by atoms with E-state index in [-0.39, 0.29) is 5.91 Å². The number of hydrogen-bond donors (Lipinski definition) is 2. The summed E-state index contributed by atoms with van der Waals surface area (Å²) < 4.78 is 0. The van der Waals surface area contributed by atoms with Gasteiger partial charge in [-0.3, -0.25) is 9.69 Å². The summed E-state index contributed by atoms with van der Waals surface area (Å²) in [5.41, 5.74) is 8.31. The fourth-order valence-corrected chi connectivity index (χ4v) is 3.01. The molecule has 116 valence electrons. The van der Waals surface area contributed by atoms with Crippen molar-refractivity contribution in [1.82, 2.24) is 4.90 Å². The van der Waals surface area contributed by atoms with Crippen LogP contribution < -0.4 is 11.1 Å². The molecule has 0 aromatic heterocycles. The number of nitrogens with two attached hydrogens (primary N) is 1. The summed E-state index contributed by atoms with van der Waals surface area (Å²) in [4.78, 5) is 14.4. The van der Waals surface area contributed by atoms with Crippen molar-refractivity contribution in [3.05, 3.63) is 23.8 Å². The zero-order valence-electron chi connectivity index (χ0n) is 13.2. The van der Waals surface area contributed by atoms with Crippen LogP contribution >= 0.6 is 0 Å². The van der Waals surface area contributed by atoms with Gasteiger partial charge in [-0.1, -0.05) is 25.8 Å². The number of nitrogen functional groups attached to an aromatic ring is 1. The summed E-state index contributed by atoms with van der Waals surface area (Å²) in [6.07, 6.45) is 5.03. The molecule has 3 N–H and O–H groups in total. The third-order valence-corrected chi connectivity index (χ3v) is 4.31. The van der Waals surface area contributed by atoms with E-state index < -0.39 is 0 Å². The number of piperidine rings is 1. The summed E-state index contributed by atoms with van der Waals surface area (Å²) in [6, 6.07) is 5.60. The van der Waals surface area contributed by atoms with Crippen molar-refractivity contribution >= 4 is 17.3 Å². The monoisotopic (exact) mass is 289 g/mol. The number of nitrogens with zero attached hydrogens (tertiary/aromatic N) is 1. The van der Waals surface area contributed by atoms with Gasteiger partial charge in [0.2, 0.25) is 5.91 Å². The van der Waals surface area contributed by atoms with E-state index in [9.17, 15) is 4.79 Å². The van der Waals surface area contributed by atoms with Gasteiger partial charge in [-0.05, 0) is 56.5 Å². The number of aryl methyl sites for hydroxylation is 1. The van der Waals surface area contributed by atoms with Gasteiger partial charge in [-0.15, -0.1) is 0 Å². The third-order valence-electron chi connectivity index (χ3n) is 4.31. The molecular weight excluding hydrogens is 262 g/mol. The van der Waals surface area contributed by atoms with Crippen molar-refractivity contribution in [2.24, 2.45) is 5.92 Å². The van der Waals surface area contributed by atoms with E-state index in [1.807, 2.05) is 25.1 Å². The van der Waals surface area contributed by atoms with Crippen molar-refractivity contribution < 1.29 is 4.79 Å². The van der Waals surface area contributed by atoms with E-state index >= 15 is 0 Å². The van der Waals surface area contributed by atoms with Crippen LogP contribution in [0.1, 0.15) is 38.2 Å². The Bertz CT molecular complexity index is 479. The number of rotatable bonds is 5. The summed E-state index contributed by atoms with van der Waals surface area (Å²) in [6.45, 7) is 6.77. The van der Waals surface area contributed by atoms with Crippen LogP contribution in [0.3, 0.4) is 0 Å². The molecule has 0 spiro atoms. The molecule has 0 aliphatic carbocycles. The molecule has 1 heterocycles. The predicted octanol–water partition coefficient (Wildman–Crippen LogP) is 3.03. The van der Waals surface area contributed by atoms with Gasteiger partial charge in [0.25, 0.3) is 0 Å². The predicted molar refractivity (Wildman–Crippen MR) is 88.3 cm³/mol. The van der Waals surface area contributed by atoms with Crippen LogP contribution in [0.15, 0.2) is 18.2 Å². The molecule has 1 fully saturated rings. The van der Waals surface area contributed by atoms with Crippen molar-refractivity contribution in [3.8, 4) is 0 Å². The molecule has 1 aromatic carbocycles. The second-order valence-electron chi connectivity index (χ2n) is 6.13. The number of amides is 1. The normalized spacial score (nSPS) is 16.9. The fourth-order valence-electron chi connectivity index (χ4n) is 3.01. The van der Waals surface area contributed by atoms with Gasteiger partial charge >= 0.3 is 0 Å². The maximum atomic E-state index is 12.2. The molecule has 0 saturated carbocycles. The Balaban J connectivity index is 1.81. The number of benzene rings is 1. The molecule has 0 radical (unpaired) electrons. The Morgan fingerprint density at radius 3 is 2.76 bits per heavy atom. The molecule has 1 amide bonds. The first-order chi connectivity index (χ1) is 10.1. The van der Waals surface area contributed by atoms with Gasteiger partial charge in [0.05, 0.1) is 6.54 Å². The number of carbonyl (C=O) groups is 1. The smallest absolute Gasteiger partial charge is 0.238 e. The number of hydrogen-bond acceptors (Lipinski definition) is 3.